The van der Waals surface area contributed by atoms with Crippen molar-refractivity contribution in [2.24, 2.45) is 5.41 Å². The number of rotatable bonds is 7. The van der Waals surface area contributed by atoms with Crippen molar-refractivity contribution in [1.29, 1.82) is 0 Å². The van der Waals surface area contributed by atoms with E-state index < -0.39 is 5.79 Å². The minimum atomic E-state index is -0.395. The lowest BCUT2D eigenvalue weighted by Gasteiger charge is -2.36. The number of aromatic nitrogens is 1. The highest BCUT2D eigenvalue weighted by molar-refractivity contribution is 7.13. The number of nitrogens with zero attached hydrogens (tertiary/aromatic N) is 1. The van der Waals surface area contributed by atoms with Crippen molar-refractivity contribution in [3.63, 3.8) is 0 Å². The molecule has 1 saturated heterocycles. The third-order valence-electron chi connectivity index (χ3n) is 6.47. The van der Waals surface area contributed by atoms with Crippen LogP contribution in [0.25, 0.3) is 0 Å². The molecule has 2 heterocycles. The molecule has 1 aliphatic heterocycles. The molecule has 4 rings (SSSR count). The zero-order valence-electron chi connectivity index (χ0n) is 16.9. The molecule has 1 atom stereocenters. The summed E-state index contributed by atoms with van der Waals surface area (Å²) < 4.78 is 12.0. The van der Waals surface area contributed by atoms with Gasteiger partial charge in [-0.3, -0.25) is 9.59 Å². The Hall–Kier alpha value is -1.51. The van der Waals surface area contributed by atoms with Crippen molar-refractivity contribution >= 4 is 28.3 Å². The maximum absolute atomic E-state index is 12.7. The van der Waals surface area contributed by atoms with Crippen LogP contribution in [0, 0.1) is 5.41 Å². The van der Waals surface area contributed by atoms with Gasteiger partial charge in [-0.05, 0) is 31.1 Å². The van der Waals surface area contributed by atoms with E-state index in [-0.39, 0.29) is 23.3 Å². The van der Waals surface area contributed by atoms with Gasteiger partial charge < -0.3 is 20.1 Å². The fraction of sp³-hybridized carbons (Fsp3) is 0.762. The lowest BCUT2D eigenvalue weighted by Crippen LogP contribution is -2.39. The first kappa shape index (κ1) is 20.8. The predicted molar refractivity (Wildman–Crippen MR) is 111 cm³/mol. The molecule has 2 amide bonds. The molecule has 2 aliphatic carbocycles. The summed E-state index contributed by atoms with van der Waals surface area (Å²) in [6.45, 7) is 1.02. The predicted octanol–water partition coefficient (Wildman–Crippen LogP) is 3.61. The molecule has 2 saturated carbocycles. The van der Waals surface area contributed by atoms with Crippen LogP contribution in [-0.2, 0) is 19.1 Å². The van der Waals surface area contributed by atoms with E-state index in [0.29, 0.717) is 31.1 Å². The number of hydrogen-bond acceptors (Lipinski definition) is 6. The molecule has 3 fully saturated rings. The van der Waals surface area contributed by atoms with E-state index >= 15 is 0 Å². The van der Waals surface area contributed by atoms with Crippen LogP contribution >= 0.6 is 11.3 Å². The van der Waals surface area contributed by atoms with Crippen LogP contribution in [0.1, 0.15) is 70.6 Å². The molecule has 1 aromatic rings. The zero-order chi connectivity index (χ0) is 20.2. The SMILES string of the molecule is O=C(CC1(CC(=O)Nc2nccs2)CCCCC1)NCC1COC2(CCCC2)O1. The second-order valence-corrected chi connectivity index (χ2v) is 9.67. The average Bonchev–Trinajstić information content (AvgIpc) is 3.45. The van der Waals surface area contributed by atoms with Crippen molar-refractivity contribution < 1.29 is 19.1 Å². The number of hydrogen-bond donors (Lipinski definition) is 2. The molecule has 0 bridgehead atoms. The van der Waals surface area contributed by atoms with Crippen molar-refractivity contribution in [2.45, 2.75) is 82.5 Å². The fourth-order valence-electron chi connectivity index (χ4n) is 5.03. The Morgan fingerprint density at radius 2 is 1.79 bits per heavy atom. The van der Waals surface area contributed by atoms with E-state index in [1.165, 1.54) is 17.8 Å². The number of ether oxygens (including phenoxy) is 2. The second-order valence-electron chi connectivity index (χ2n) is 8.77. The Bertz CT molecular complexity index is 697. The van der Waals surface area contributed by atoms with Gasteiger partial charge in [0.15, 0.2) is 10.9 Å². The standard InChI is InChI=1S/C21H31N3O4S/c25-17(23-14-16-15-27-21(28-16)8-4-5-9-21)12-20(6-2-1-3-7-20)13-18(26)24-19-22-10-11-29-19/h10-11,16H,1-9,12-15H2,(H,23,25)(H,22,24,26). The van der Waals surface area contributed by atoms with Crippen LogP contribution in [0.2, 0.25) is 0 Å². The highest BCUT2D eigenvalue weighted by Gasteiger charge is 2.44. The molecule has 2 N–H and O–H groups in total. The first-order chi connectivity index (χ1) is 14.1. The molecule has 3 aliphatic rings. The summed E-state index contributed by atoms with van der Waals surface area (Å²) in [6, 6.07) is 0. The van der Waals surface area contributed by atoms with Gasteiger partial charge in [0.1, 0.15) is 6.10 Å². The lowest BCUT2D eigenvalue weighted by molar-refractivity contribution is -0.161. The highest BCUT2D eigenvalue weighted by Crippen LogP contribution is 2.43. The van der Waals surface area contributed by atoms with Crippen LogP contribution < -0.4 is 10.6 Å². The number of nitrogens with one attached hydrogen (secondary N) is 2. The van der Waals surface area contributed by atoms with E-state index in [9.17, 15) is 9.59 Å². The van der Waals surface area contributed by atoms with Gasteiger partial charge in [-0.25, -0.2) is 4.98 Å². The normalized spacial score (nSPS) is 25.2. The fourth-order valence-corrected chi connectivity index (χ4v) is 5.58. The molecule has 0 aromatic carbocycles. The highest BCUT2D eigenvalue weighted by atomic mass is 32.1. The van der Waals surface area contributed by atoms with Gasteiger partial charge in [-0.2, -0.15) is 0 Å². The van der Waals surface area contributed by atoms with Crippen molar-refractivity contribution in [2.75, 3.05) is 18.5 Å². The molecular formula is C21H31N3O4S. The van der Waals surface area contributed by atoms with Gasteiger partial charge >= 0.3 is 0 Å². The number of carbonyl (C=O) groups excluding carboxylic acids is 2. The monoisotopic (exact) mass is 421 g/mol. The van der Waals surface area contributed by atoms with Crippen LogP contribution in [0.3, 0.4) is 0 Å². The summed E-state index contributed by atoms with van der Waals surface area (Å²) in [5, 5.41) is 8.36. The van der Waals surface area contributed by atoms with Crippen molar-refractivity contribution in [3.8, 4) is 0 Å². The molecule has 0 radical (unpaired) electrons. The molecule has 29 heavy (non-hydrogen) atoms. The third kappa shape index (κ3) is 5.35. The van der Waals surface area contributed by atoms with Crippen LogP contribution in [0.15, 0.2) is 11.6 Å². The van der Waals surface area contributed by atoms with Gasteiger partial charge in [-0.15, -0.1) is 11.3 Å². The summed E-state index contributed by atoms with van der Waals surface area (Å²) in [5.74, 6) is -0.441. The lowest BCUT2D eigenvalue weighted by atomic mass is 9.69. The third-order valence-corrected chi connectivity index (χ3v) is 7.16. The largest absolute Gasteiger partial charge is 0.353 e. The summed E-state index contributed by atoms with van der Waals surface area (Å²) in [6.07, 6.45) is 11.7. The van der Waals surface area contributed by atoms with Gasteiger partial charge in [0.25, 0.3) is 0 Å². The first-order valence-corrected chi connectivity index (χ1v) is 11.7. The number of amides is 2. The number of anilines is 1. The Morgan fingerprint density at radius 1 is 1.07 bits per heavy atom. The van der Waals surface area contributed by atoms with Crippen LogP contribution in [0.5, 0.6) is 0 Å². The van der Waals surface area contributed by atoms with E-state index in [1.54, 1.807) is 6.20 Å². The van der Waals surface area contributed by atoms with Crippen molar-refractivity contribution in [3.05, 3.63) is 11.6 Å². The average molecular weight is 422 g/mol. The molecule has 1 spiro atoms. The Labute approximate surface area is 175 Å². The maximum Gasteiger partial charge on any atom is 0.226 e. The summed E-state index contributed by atoms with van der Waals surface area (Å²) in [7, 11) is 0. The van der Waals surface area contributed by atoms with Gasteiger partial charge in [-0.1, -0.05) is 19.3 Å². The minimum Gasteiger partial charge on any atom is -0.353 e. The second kappa shape index (κ2) is 9.10. The van der Waals surface area contributed by atoms with E-state index in [1.807, 2.05) is 5.38 Å². The van der Waals surface area contributed by atoms with E-state index in [4.69, 9.17) is 9.47 Å². The van der Waals surface area contributed by atoms with E-state index in [0.717, 1.165) is 51.4 Å². The quantitative estimate of drug-likeness (QED) is 0.702. The van der Waals surface area contributed by atoms with E-state index in [2.05, 4.69) is 15.6 Å². The Kier molecular flexibility index (Phi) is 6.51. The number of thiazole rings is 1. The molecular weight excluding hydrogens is 390 g/mol. The summed E-state index contributed by atoms with van der Waals surface area (Å²) >= 11 is 1.41. The molecule has 160 valence electrons. The zero-order valence-corrected chi connectivity index (χ0v) is 17.7. The summed E-state index contributed by atoms with van der Waals surface area (Å²) in [5.41, 5.74) is -0.261. The first-order valence-electron chi connectivity index (χ1n) is 10.8. The molecule has 7 nitrogen and oxygen atoms in total. The number of carbonyl (C=O) groups is 2. The summed E-state index contributed by atoms with van der Waals surface area (Å²) in [4.78, 5) is 29.4. The molecule has 1 unspecified atom stereocenters. The topological polar surface area (TPSA) is 89.6 Å². The van der Waals surface area contributed by atoms with Gasteiger partial charge in [0, 0.05) is 43.8 Å². The van der Waals surface area contributed by atoms with Gasteiger partial charge in [0.2, 0.25) is 11.8 Å². The maximum atomic E-state index is 12.7. The van der Waals surface area contributed by atoms with Gasteiger partial charge in [0.05, 0.1) is 6.61 Å². The van der Waals surface area contributed by atoms with Crippen LogP contribution in [0.4, 0.5) is 5.13 Å². The minimum absolute atomic E-state index is 0.00456. The Balaban J connectivity index is 1.28. The smallest absolute Gasteiger partial charge is 0.226 e. The molecule has 1 aromatic heterocycles. The Morgan fingerprint density at radius 3 is 2.52 bits per heavy atom. The molecule has 8 heteroatoms. The van der Waals surface area contributed by atoms with Crippen molar-refractivity contribution in [1.82, 2.24) is 10.3 Å². The van der Waals surface area contributed by atoms with Crippen LogP contribution in [-0.4, -0.2) is 41.8 Å².